The Kier molecular flexibility index (Phi) is 6.90. The van der Waals surface area contributed by atoms with E-state index in [1.807, 2.05) is 26.1 Å². The van der Waals surface area contributed by atoms with Crippen molar-refractivity contribution < 1.29 is 4.74 Å². The van der Waals surface area contributed by atoms with E-state index in [0.29, 0.717) is 24.5 Å². The number of anilines is 2. The second-order valence-corrected chi connectivity index (χ2v) is 10.3. The summed E-state index contributed by atoms with van der Waals surface area (Å²) in [6.45, 7) is 11.3. The Balaban J connectivity index is 1.72. The minimum atomic E-state index is 0.117. The van der Waals surface area contributed by atoms with Gasteiger partial charge in [-0.05, 0) is 57.9 Å². The first-order chi connectivity index (χ1) is 15.4. The van der Waals surface area contributed by atoms with Gasteiger partial charge in [-0.3, -0.25) is 4.98 Å². The average Bonchev–Trinajstić information content (AvgIpc) is 3.36. The van der Waals surface area contributed by atoms with Crippen molar-refractivity contribution in [2.24, 2.45) is 11.8 Å². The SMILES string of the molecule is COCC(C)Nc1nc(C)c(-c2nc3c(C)nccc3s2)c(NC2CCC(C(C)C)C2)n1. The Morgan fingerprint density at radius 2 is 1.94 bits per heavy atom. The number of nitrogens with zero attached hydrogens (tertiary/aromatic N) is 4. The zero-order valence-electron chi connectivity index (χ0n) is 19.9. The monoisotopic (exact) mass is 454 g/mol. The van der Waals surface area contributed by atoms with Gasteiger partial charge in [0.2, 0.25) is 5.95 Å². The molecular weight excluding hydrogens is 420 g/mol. The maximum absolute atomic E-state index is 5.27. The number of pyridine rings is 1. The molecule has 7 nitrogen and oxygen atoms in total. The van der Waals surface area contributed by atoms with Gasteiger partial charge < -0.3 is 15.4 Å². The van der Waals surface area contributed by atoms with Crippen molar-refractivity contribution in [2.45, 2.75) is 66.0 Å². The summed E-state index contributed by atoms with van der Waals surface area (Å²) in [6.07, 6.45) is 5.44. The topological polar surface area (TPSA) is 84.8 Å². The van der Waals surface area contributed by atoms with Crippen LogP contribution in [0.25, 0.3) is 20.8 Å². The van der Waals surface area contributed by atoms with Crippen LogP contribution in [0.1, 0.15) is 51.4 Å². The van der Waals surface area contributed by atoms with Gasteiger partial charge in [-0.1, -0.05) is 13.8 Å². The number of thiazole rings is 1. The maximum atomic E-state index is 5.27. The van der Waals surface area contributed by atoms with Gasteiger partial charge in [0, 0.05) is 25.4 Å². The number of hydrogen-bond donors (Lipinski definition) is 2. The number of rotatable bonds is 8. The van der Waals surface area contributed by atoms with Crippen LogP contribution in [-0.2, 0) is 4.74 Å². The van der Waals surface area contributed by atoms with E-state index >= 15 is 0 Å². The van der Waals surface area contributed by atoms with E-state index in [4.69, 9.17) is 19.7 Å². The number of aryl methyl sites for hydroxylation is 2. The van der Waals surface area contributed by atoms with Crippen LogP contribution in [-0.4, -0.2) is 45.7 Å². The zero-order valence-corrected chi connectivity index (χ0v) is 20.7. The molecule has 0 radical (unpaired) electrons. The molecule has 0 spiro atoms. The number of nitrogens with one attached hydrogen (secondary N) is 2. The third-order valence-electron chi connectivity index (χ3n) is 6.34. The molecule has 3 unspecified atom stereocenters. The van der Waals surface area contributed by atoms with Gasteiger partial charge in [0.25, 0.3) is 0 Å². The lowest BCUT2D eigenvalue weighted by Crippen LogP contribution is -2.24. The lowest BCUT2D eigenvalue weighted by atomic mass is 9.94. The molecule has 2 N–H and O–H groups in total. The van der Waals surface area contributed by atoms with Gasteiger partial charge in [0.15, 0.2) is 0 Å². The third-order valence-corrected chi connectivity index (χ3v) is 7.38. The number of aromatic nitrogens is 4. The van der Waals surface area contributed by atoms with Gasteiger partial charge in [0.1, 0.15) is 16.3 Å². The molecule has 8 heteroatoms. The summed E-state index contributed by atoms with van der Waals surface area (Å²) in [5, 5.41) is 8.08. The third kappa shape index (κ3) is 4.86. The maximum Gasteiger partial charge on any atom is 0.225 e. The summed E-state index contributed by atoms with van der Waals surface area (Å²) in [5.74, 6) is 2.95. The molecule has 32 heavy (non-hydrogen) atoms. The summed E-state index contributed by atoms with van der Waals surface area (Å²) in [7, 11) is 1.70. The predicted octanol–water partition coefficient (Wildman–Crippen LogP) is 5.45. The summed E-state index contributed by atoms with van der Waals surface area (Å²) >= 11 is 1.67. The highest BCUT2D eigenvalue weighted by Gasteiger charge is 2.28. The standard InChI is InChI=1S/C24H34N6OS/c1-13(2)17-7-8-18(11-17)28-22-20(15(4)27-24(30-22)26-14(3)12-31-6)23-29-21-16(5)25-10-9-19(21)32-23/h9-10,13-14,17-18H,7-8,11-12H2,1-6H3,(H2,26,27,28,30). The van der Waals surface area contributed by atoms with Crippen molar-refractivity contribution in [3.05, 3.63) is 23.7 Å². The van der Waals surface area contributed by atoms with Crippen molar-refractivity contribution in [3.63, 3.8) is 0 Å². The van der Waals surface area contributed by atoms with Crippen molar-refractivity contribution in [1.29, 1.82) is 0 Å². The fourth-order valence-electron chi connectivity index (χ4n) is 4.55. The average molecular weight is 455 g/mol. The van der Waals surface area contributed by atoms with Gasteiger partial charge >= 0.3 is 0 Å². The first kappa shape index (κ1) is 22.9. The fraction of sp³-hybridized carbons (Fsp3) is 0.583. The number of hydrogen-bond acceptors (Lipinski definition) is 8. The lowest BCUT2D eigenvalue weighted by molar-refractivity contribution is 0.190. The highest BCUT2D eigenvalue weighted by molar-refractivity contribution is 7.21. The quantitative estimate of drug-likeness (QED) is 0.468. The van der Waals surface area contributed by atoms with E-state index in [1.165, 1.54) is 12.8 Å². The molecule has 1 aliphatic carbocycles. The number of ether oxygens (including phenoxy) is 1. The Hall–Kier alpha value is -2.32. The van der Waals surface area contributed by atoms with Crippen molar-refractivity contribution in [2.75, 3.05) is 24.4 Å². The van der Waals surface area contributed by atoms with E-state index in [-0.39, 0.29) is 6.04 Å². The van der Waals surface area contributed by atoms with E-state index < -0.39 is 0 Å². The first-order valence-corrected chi connectivity index (χ1v) is 12.3. The van der Waals surface area contributed by atoms with Crippen LogP contribution < -0.4 is 10.6 Å². The fourth-order valence-corrected chi connectivity index (χ4v) is 5.66. The van der Waals surface area contributed by atoms with Crippen LogP contribution >= 0.6 is 11.3 Å². The molecule has 3 heterocycles. The molecule has 1 saturated carbocycles. The lowest BCUT2D eigenvalue weighted by Gasteiger charge is -2.20. The molecule has 1 aliphatic rings. The summed E-state index contributed by atoms with van der Waals surface area (Å²) in [5.41, 5.74) is 3.80. The van der Waals surface area contributed by atoms with Gasteiger partial charge in [-0.15, -0.1) is 11.3 Å². The van der Waals surface area contributed by atoms with Crippen molar-refractivity contribution >= 4 is 33.3 Å². The number of fused-ring (bicyclic) bond motifs is 1. The summed E-state index contributed by atoms with van der Waals surface area (Å²) < 4.78 is 6.40. The molecular formula is C24H34N6OS. The normalized spacial score (nSPS) is 19.6. The zero-order chi connectivity index (χ0) is 22.8. The first-order valence-electron chi connectivity index (χ1n) is 11.5. The molecule has 0 aromatic carbocycles. The second-order valence-electron chi connectivity index (χ2n) is 9.28. The van der Waals surface area contributed by atoms with Crippen LogP contribution in [0.4, 0.5) is 11.8 Å². The van der Waals surface area contributed by atoms with Gasteiger partial charge in [-0.25, -0.2) is 9.97 Å². The molecule has 3 atom stereocenters. The van der Waals surface area contributed by atoms with E-state index in [9.17, 15) is 0 Å². The number of methoxy groups -OCH3 is 1. The molecule has 1 fully saturated rings. The van der Waals surface area contributed by atoms with Crippen molar-refractivity contribution in [3.8, 4) is 10.6 Å². The van der Waals surface area contributed by atoms with Crippen LogP contribution in [0.3, 0.4) is 0 Å². The van der Waals surface area contributed by atoms with Gasteiger partial charge in [0.05, 0.1) is 28.3 Å². The molecule has 0 saturated heterocycles. The molecule has 3 aromatic heterocycles. The van der Waals surface area contributed by atoms with E-state index in [2.05, 4.69) is 36.4 Å². The molecule has 0 amide bonds. The van der Waals surface area contributed by atoms with Gasteiger partial charge in [-0.2, -0.15) is 4.98 Å². The molecule has 0 bridgehead atoms. The molecule has 4 rings (SSSR count). The Morgan fingerprint density at radius 1 is 1.12 bits per heavy atom. The summed E-state index contributed by atoms with van der Waals surface area (Å²) in [4.78, 5) is 19.0. The molecule has 0 aliphatic heterocycles. The Morgan fingerprint density at radius 3 is 2.62 bits per heavy atom. The highest BCUT2D eigenvalue weighted by Crippen LogP contribution is 2.39. The Bertz CT molecular complexity index is 1080. The van der Waals surface area contributed by atoms with Crippen LogP contribution in [0.15, 0.2) is 12.3 Å². The molecule has 172 valence electrons. The highest BCUT2D eigenvalue weighted by atomic mass is 32.1. The Labute approximate surface area is 194 Å². The van der Waals surface area contributed by atoms with Crippen LogP contribution in [0, 0.1) is 25.7 Å². The smallest absolute Gasteiger partial charge is 0.225 e. The summed E-state index contributed by atoms with van der Waals surface area (Å²) in [6, 6.07) is 2.56. The van der Waals surface area contributed by atoms with Crippen LogP contribution in [0.5, 0.6) is 0 Å². The predicted molar refractivity (Wildman–Crippen MR) is 132 cm³/mol. The second kappa shape index (κ2) is 9.67. The molecule has 3 aromatic rings. The minimum absolute atomic E-state index is 0.117. The van der Waals surface area contributed by atoms with Crippen LogP contribution in [0.2, 0.25) is 0 Å². The van der Waals surface area contributed by atoms with Crippen molar-refractivity contribution in [1.82, 2.24) is 19.9 Å². The minimum Gasteiger partial charge on any atom is -0.383 e. The van der Waals surface area contributed by atoms with E-state index in [0.717, 1.165) is 50.3 Å². The largest absolute Gasteiger partial charge is 0.383 e. The van der Waals surface area contributed by atoms with E-state index in [1.54, 1.807) is 18.4 Å².